The first-order valence-electron chi connectivity index (χ1n) is 35.9. The first-order chi connectivity index (χ1) is 49.5. The van der Waals surface area contributed by atoms with Gasteiger partial charge in [-0.1, -0.05) is 94.2 Å². The number of methoxy groups -OCH3 is 2. The highest BCUT2D eigenvalue weighted by atomic mass is 35.5. The SMILES string of the molecule is C.CO[C@@H]1CCN(c2nc(-c3c(C)ccc4c3c(C)nn4S(=O)(=O)c3ccc(C)cc3)nc3c2CN(c2c(Cl)c(C4CC4)nn2C)CC3)CC1(C)C.CO[C@@H]1CCN(c2nc(-c3c(C)ccc4c3c(C)nn4S(=O)(=O)c3ccc(C)cc3)nc3c2CN(c2cc(C4CC4)nn2C)CC3)CC1(C)C.ClCCl. The second-order valence-electron chi connectivity index (χ2n) is 30.4. The van der Waals surface area contributed by atoms with E-state index in [4.69, 9.17) is 74.4 Å². The smallest absolute Gasteiger partial charge is 0.283 e. The first-order valence-corrected chi connectivity index (χ1v) is 40.2. The van der Waals surface area contributed by atoms with Crippen molar-refractivity contribution in [2.75, 3.05) is 78.4 Å². The molecule has 16 rings (SSSR count). The van der Waals surface area contributed by atoms with Gasteiger partial charge in [-0.3, -0.25) is 9.36 Å². The molecule has 0 bridgehead atoms. The predicted molar refractivity (Wildman–Crippen MR) is 419 cm³/mol. The zero-order chi connectivity index (χ0) is 73.8. The summed E-state index contributed by atoms with van der Waals surface area (Å²) in [5.74, 6) is 6.13. The number of aromatic nitrogens is 12. The van der Waals surface area contributed by atoms with Gasteiger partial charge in [0, 0.05) is 155 Å². The van der Waals surface area contributed by atoms with Gasteiger partial charge in [0.15, 0.2) is 11.6 Å². The van der Waals surface area contributed by atoms with Crippen molar-refractivity contribution < 1.29 is 26.3 Å². The van der Waals surface area contributed by atoms with E-state index in [2.05, 4.69) is 63.6 Å². The molecule has 105 heavy (non-hydrogen) atoms. The van der Waals surface area contributed by atoms with E-state index in [0.29, 0.717) is 65.4 Å². The summed E-state index contributed by atoms with van der Waals surface area (Å²) < 4.78 is 73.9. The number of hydrogen-bond acceptors (Lipinski definition) is 18. The molecule has 4 fully saturated rings. The number of aryl methyl sites for hydroxylation is 8. The van der Waals surface area contributed by atoms with E-state index in [0.717, 1.165) is 176 Å². The molecule has 22 nitrogen and oxygen atoms in total. The average Bonchev–Trinajstić information content (AvgIpc) is 1.66. The Morgan fingerprint density at radius 1 is 0.524 bits per heavy atom. The summed E-state index contributed by atoms with van der Waals surface area (Å²) in [4.78, 5) is 31.3. The molecule has 2 saturated heterocycles. The molecule has 4 aliphatic heterocycles. The molecule has 2 aliphatic carbocycles. The molecule has 27 heteroatoms. The van der Waals surface area contributed by atoms with Gasteiger partial charge in [-0.2, -0.15) is 45.4 Å². The van der Waals surface area contributed by atoms with Crippen LogP contribution in [0.25, 0.3) is 44.6 Å². The Labute approximate surface area is 632 Å². The molecule has 2 saturated carbocycles. The monoisotopic (exact) mass is 1520 g/mol. The maximum atomic E-state index is 13.9. The van der Waals surface area contributed by atoms with Gasteiger partial charge in [0.05, 0.1) is 72.5 Å². The van der Waals surface area contributed by atoms with Crippen LogP contribution < -0.4 is 19.6 Å². The van der Waals surface area contributed by atoms with Gasteiger partial charge >= 0.3 is 0 Å². The minimum absolute atomic E-state index is 0. The molecule has 0 amide bonds. The van der Waals surface area contributed by atoms with Crippen LogP contribution in [0.2, 0.25) is 5.02 Å². The van der Waals surface area contributed by atoms with Crippen molar-refractivity contribution in [2.45, 2.75) is 175 Å². The van der Waals surface area contributed by atoms with Crippen LogP contribution in [0.3, 0.4) is 0 Å². The highest BCUT2D eigenvalue weighted by Gasteiger charge is 2.42. The van der Waals surface area contributed by atoms with Crippen molar-refractivity contribution in [2.24, 2.45) is 24.9 Å². The lowest BCUT2D eigenvalue weighted by molar-refractivity contribution is -0.00647. The Morgan fingerprint density at radius 3 is 1.37 bits per heavy atom. The number of anilines is 4. The highest BCUT2D eigenvalue weighted by molar-refractivity contribution is 7.90. The zero-order valence-electron chi connectivity index (χ0n) is 61.9. The molecule has 2 atom stereocenters. The third-order valence-electron chi connectivity index (χ3n) is 21.9. The summed E-state index contributed by atoms with van der Waals surface area (Å²) in [6, 6.07) is 23.6. The van der Waals surface area contributed by atoms with E-state index < -0.39 is 20.0 Å². The van der Waals surface area contributed by atoms with Crippen LogP contribution in [0.5, 0.6) is 0 Å². The van der Waals surface area contributed by atoms with Gasteiger partial charge in [0.2, 0.25) is 0 Å². The van der Waals surface area contributed by atoms with E-state index in [1.807, 2.05) is 101 Å². The molecular weight excluding hydrogens is 1430 g/mol. The molecule has 6 aromatic heterocycles. The fourth-order valence-corrected chi connectivity index (χ4v) is 19.2. The summed E-state index contributed by atoms with van der Waals surface area (Å²) in [6.45, 7) is 26.7. The molecule has 0 N–H and O–H groups in total. The standard InChI is InChI=1S/C38H45ClN8O3S.C38H46N8O3S.CH2Cl2.CH4/c1-22-8-13-26(14-9-22)51(48,49)47-29-15-10-23(2)31(32(29)24(3)42-47)35-40-28-16-18-45(37-33(39)34(25-11-12-25)43-44(37)6)20-27(28)36(41-35)46-19-17-30(50-7)38(4,5)21-46;1-23-8-13-27(14-9-23)50(47,48)46-31-15-10-24(2)34(35(31)25(3)41-46)36-39-29-16-18-44(33-20-30(26-11-12-26)42-43(33)6)21-28(29)37(40-36)45-19-17-32(49-7)38(4,5)22-45;2-1-3;/h8-10,13-15,25,30H,11-12,16-21H2,1-7H3;8-10,13-15,20,26,32H,11-12,16-19,21-22H2,1-7H3;1H2;1H4/t30-;32-;;/m11../s1. The Kier molecular flexibility index (Phi) is 20.9. The molecule has 10 aromatic rings. The molecule has 0 unspecified atom stereocenters. The maximum Gasteiger partial charge on any atom is 0.283 e. The predicted octanol–water partition coefficient (Wildman–Crippen LogP) is 14.9. The topological polar surface area (TPSA) is 223 Å². The van der Waals surface area contributed by atoms with Crippen molar-refractivity contribution in [3.8, 4) is 22.8 Å². The van der Waals surface area contributed by atoms with E-state index in [9.17, 15) is 16.8 Å². The number of benzene rings is 4. The van der Waals surface area contributed by atoms with Crippen molar-refractivity contribution in [1.29, 1.82) is 0 Å². The molecule has 0 spiro atoms. The summed E-state index contributed by atoms with van der Waals surface area (Å²) >= 11 is 16.6. The van der Waals surface area contributed by atoms with E-state index in [1.165, 1.54) is 22.6 Å². The maximum absolute atomic E-state index is 13.9. The zero-order valence-corrected chi connectivity index (χ0v) is 65.8. The van der Waals surface area contributed by atoms with Crippen LogP contribution in [0.1, 0.15) is 153 Å². The average molecular weight is 1530 g/mol. The van der Waals surface area contributed by atoms with Crippen LogP contribution >= 0.6 is 34.8 Å². The molecule has 558 valence electrons. The van der Waals surface area contributed by atoms with Crippen LogP contribution in [0, 0.1) is 52.4 Å². The number of rotatable bonds is 14. The number of ether oxygens (including phenoxy) is 2. The molecular formula is C78H97Cl3N16O6S2. The van der Waals surface area contributed by atoms with Crippen molar-refractivity contribution in [3.63, 3.8) is 0 Å². The highest BCUT2D eigenvalue weighted by Crippen LogP contribution is 2.48. The third kappa shape index (κ3) is 14.1. The fraction of sp³-hybridized carbons (Fsp3) is 0.487. The van der Waals surface area contributed by atoms with Crippen LogP contribution in [-0.4, -0.2) is 146 Å². The largest absolute Gasteiger partial charge is 0.381 e. The van der Waals surface area contributed by atoms with E-state index in [1.54, 1.807) is 50.6 Å². The lowest BCUT2D eigenvalue weighted by atomic mass is 9.81. The minimum atomic E-state index is -3.95. The second kappa shape index (κ2) is 29.1. The Morgan fingerprint density at radius 2 is 0.952 bits per heavy atom. The van der Waals surface area contributed by atoms with E-state index >= 15 is 0 Å². The normalized spacial score (nSPS) is 18.7. The van der Waals surface area contributed by atoms with Crippen molar-refractivity contribution in [1.82, 2.24) is 57.9 Å². The van der Waals surface area contributed by atoms with Gasteiger partial charge in [-0.15, -0.1) is 23.2 Å². The number of hydrogen-bond donors (Lipinski definition) is 0. The van der Waals surface area contributed by atoms with Crippen molar-refractivity contribution in [3.05, 3.63) is 151 Å². The summed E-state index contributed by atoms with van der Waals surface area (Å²) in [6.07, 6.45) is 8.22. The van der Waals surface area contributed by atoms with Gasteiger partial charge in [-0.25, -0.2) is 19.9 Å². The Bertz CT molecular complexity index is 5200. The van der Waals surface area contributed by atoms with Crippen LogP contribution in [-0.2, 0) is 69.5 Å². The van der Waals surface area contributed by atoms with Gasteiger partial charge in [0.1, 0.15) is 28.3 Å². The lowest BCUT2D eigenvalue weighted by Gasteiger charge is -2.45. The molecule has 0 radical (unpaired) electrons. The Hall–Kier alpha value is -7.71. The Balaban J connectivity index is 0.000000178. The van der Waals surface area contributed by atoms with Gasteiger partial charge < -0.3 is 29.1 Å². The minimum Gasteiger partial charge on any atom is -0.381 e. The number of piperidine rings is 2. The number of alkyl halides is 2. The summed E-state index contributed by atoms with van der Waals surface area (Å²) in [5, 5.41) is 21.4. The number of fused-ring (bicyclic) bond motifs is 4. The fourth-order valence-electron chi connectivity index (χ4n) is 16.1. The van der Waals surface area contributed by atoms with Crippen LogP contribution in [0.4, 0.5) is 23.3 Å². The lowest BCUT2D eigenvalue weighted by Crippen LogP contribution is -2.50. The molecule has 6 aliphatic rings. The van der Waals surface area contributed by atoms with E-state index in [-0.39, 0.29) is 45.6 Å². The van der Waals surface area contributed by atoms with Crippen LogP contribution in [0.15, 0.2) is 88.7 Å². The summed E-state index contributed by atoms with van der Waals surface area (Å²) in [7, 11) is -0.270. The summed E-state index contributed by atoms with van der Waals surface area (Å²) in [5.41, 5.74) is 14.0. The van der Waals surface area contributed by atoms with Gasteiger partial charge in [-0.05, 0) is 128 Å². The molecule has 4 aromatic carbocycles. The third-order valence-corrected chi connectivity index (χ3v) is 25.5. The number of halogens is 3. The van der Waals surface area contributed by atoms with Gasteiger partial charge in [0.25, 0.3) is 20.0 Å². The quantitative estimate of drug-likeness (QED) is 0.0923. The number of nitrogens with zero attached hydrogens (tertiary/aromatic N) is 16. The first kappa shape index (κ1) is 75.5. The second-order valence-corrected chi connectivity index (χ2v) is 35.1. The molecule has 10 heterocycles. The van der Waals surface area contributed by atoms with Crippen molar-refractivity contribution >= 4 is 99.9 Å².